The number of carboxylic acid groups (broad SMARTS) is 1. The zero-order valence-corrected chi connectivity index (χ0v) is 13.7. The van der Waals surface area contributed by atoms with Crippen molar-refractivity contribution in [1.82, 2.24) is 10.2 Å². The highest BCUT2D eigenvalue weighted by Crippen LogP contribution is 2.27. The van der Waals surface area contributed by atoms with Crippen LogP contribution in [0.15, 0.2) is 0 Å². The lowest BCUT2D eigenvalue weighted by atomic mass is 9.85. The van der Waals surface area contributed by atoms with Crippen molar-refractivity contribution in [2.24, 2.45) is 0 Å². The van der Waals surface area contributed by atoms with E-state index < -0.39 is 26.5 Å². The summed E-state index contributed by atoms with van der Waals surface area (Å²) < 4.78 is 21.7. The van der Waals surface area contributed by atoms with Crippen molar-refractivity contribution < 1.29 is 23.1 Å². The minimum Gasteiger partial charge on any atom is -0.480 e. The fraction of sp³-hybridized carbons (Fsp3) is 0.846. The van der Waals surface area contributed by atoms with Crippen LogP contribution in [0.5, 0.6) is 0 Å². The highest BCUT2D eigenvalue weighted by molar-refractivity contribution is 7.92. The number of carboxylic acids is 1. The molecule has 1 amide bonds. The minimum absolute atomic E-state index is 0.0172. The van der Waals surface area contributed by atoms with Gasteiger partial charge in [-0.05, 0) is 33.2 Å². The van der Waals surface area contributed by atoms with E-state index in [-0.39, 0.29) is 18.6 Å². The Kier molecular flexibility index (Phi) is 5.38. The van der Waals surface area contributed by atoms with Gasteiger partial charge in [-0.2, -0.15) is 0 Å². The smallest absolute Gasteiger partial charge is 0.317 e. The molecule has 2 N–H and O–H groups in total. The average molecular weight is 320 g/mol. The summed E-state index contributed by atoms with van der Waals surface area (Å²) in [5, 5.41) is 11.5. The minimum atomic E-state index is -3.48. The fourth-order valence-electron chi connectivity index (χ4n) is 2.20. The van der Waals surface area contributed by atoms with Gasteiger partial charge in [0.1, 0.15) is 4.75 Å². The molecule has 21 heavy (non-hydrogen) atoms. The normalized spacial score (nSPS) is 22.7. The van der Waals surface area contributed by atoms with E-state index >= 15 is 0 Å². The third-order valence-electron chi connectivity index (χ3n) is 4.18. The van der Waals surface area contributed by atoms with E-state index in [4.69, 9.17) is 5.11 Å². The lowest BCUT2D eigenvalue weighted by Gasteiger charge is -2.43. The quantitative estimate of drug-likeness (QED) is 0.677. The molecule has 0 atom stereocenters. The highest BCUT2D eigenvalue weighted by atomic mass is 32.2. The molecule has 1 fully saturated rings. The van der Waals surface area contributed by atoms with Crippen LogP contribution >= 0.6 is 0 Å². The van der Waals surface area contributed by atoms with Crippen LogP contribution < -0.4 is 5.32 Å². The average Bonchev–Trinajstić information content (AvgIpc) is 2.28. The molecule has 0 saturated heterocycles. The Labute approximate surface area is 125 Å². The van der Waals surface area contributed by atoms with Gasteiger partial charge in [0, 0.05) is 18.3 Å². The second-order valence-electron chi connectivity index (χ2n) is 6.03. The van der Waals surface area contributed by atoms with E-state index in [9.17, 15) is 18.0 Å². The van der Waals surface area contributed by atoms with Gasteiger partial charge in [-0.15, -0.1) is 0 Å². The van der Waals surface area contributed by atoms with Gasteiger partial charge in [0.15, 0.2) is 9.84 Å². The summed E-state index contributed by atoms with van der Waals surface area (Å²) in [5.74, 6) is -1.38. The van der Waals surface area contributed by atoms with Crippen LogP contribution in [0.25, 0.3) is 0 Å². The molecule has 0 aliphatic heterocycles. The van der Waals surface area contributed by atoms with E-state index in [1.54, 1.807) is 0 Å². The number of carbonyl (C=O) groups is 2. The van der Waals surface area contributed by atoms with E-state index in [1.165, 1.54) is 13.8 Å². The first-order chi connectivity index (χ1) is 9.49. The van der Waals surface area contributed by atoms with Crippen molar-refractivity contribution in [2.75, 3.05) is 19.3 Å². The van der Waals surface area contributed by atoms with Gasteiger partial charge in [-0.1, -0.05) is 6.92 Å². The predicted molar refractivity (Wildman–Crippen MR) is 78.8 cm³/mol. The molecular weight excluding hydrogens is 296 g/mol. The van der Waals surface area contributed by atoms with Gasteiger partial charge in [-0.3, -0.25) is 14.5 Å². The summed E-state index contributed by atoms with van der Waals surface area (Å²) in [6, 6.07) is 0.0316. The third kappa shape index (κ3) is 4.16. The molecule has 1 aliphatic rings. The standard InChI is InChI=1S/C13H24N2O5S/c1-5-15(8-11(16)17)10-6-9(7-10)14-12(18)13(2,3)21(4,19)20/h9-10H,5-8H2,1-4H3,(H,14,18)(H,16,17). The molecule has 8 heteroatoms. The molecule has 122 valence electrons. The maximum Gasteiger partial charge on any atom is 0.317 e. The van der Waals surface area contributed by atoms with Crippen molar-refractivity contribution >= 4 is 21.7 Å². The summed E-state index contributed by atoms with van der Waals surface area (Å²) in [6.45, 7) is 5.28. The molecular formula is C13H24N2O5S. The lowest BCUT2D eigenvalue weighted by molar-refractivity contribution is -0.139. The SMILES string of the molecule is CCN(CC(=O)O)C1CC(NC(=O)C(C)(C)S(C)(=O)=O)C1. The monoisotopic (exact) mass is 320 g/mol. The molecule has 0 radical (unpaired) electrons. The van der Waals surface area contributed by atoms with Crippen molar-refractivity contribution in [3.63, 3.8) is 0 Å². The molecule has 0 bridgehead atoms. The summed E-state index contributed by atoms with van der Waals surface area (Å²) >= 11 is 0. The first-order valence-electron chi connectivity index (χ1n) is 6.95. The Morgan fingerprint density at radius 1 is 1.33 bits per heavy atom. The third-order valence-corrected chi connectivity index (χ3v) is 6.22. The highest BCUT2D eigenvalue weighted by Gasteiger charge is 2.42. The van der Waals surface area contributed by atoms with Gasteiger partial charge < -0.3 is 10.4 Å². The fourth-order valence-corrected chi connectivity index (χ4v) is 2.60. The molecule has 0 heterocycles. The molecule has 0 aromatic carbocycles. The van der Waals surface area contributed by atoms with Crippen LogP contribution in [0.2, 0.25) is 0 Å². The Morgan fingerprint density at radius 3 is 2.24 bits per heavy atom. The van der Waals surface area contributed by atoms with Gasteiger partial charge in [0.2, 0.25) is 5.91 Å². The van der Waals surface area contributed by atoms with E-state index in [0.29, 0.717) is 19.4 Å². The van der Waals surface area contributed by atoms with Crippen LogP contribution in [0, 0.1) is 0 Å². The topological polar surface area (TPSA) is 104 Å². The molecule has 1 saturated carbocycles. The molecule has 7 nitrogen and oxygen atoms in total. The molecule has 0 spiro atoms. The van der Waals surface area contributed by atoms with Gasteiger partial charge in [-0.25, -0.2) is 8.42 Å². The molecule has 0 aromatic heterocycles. The zero-order valence-electron chi connectivity index (χ0n) is 12.9. The van der Waals surface area contributed by atoms with E-state index in [0.717, 1.165) is 6.26 Å². The number of hydrogen-bond acceptors (Lipinski definition) is 5. The molecule has 0 aromatic rings. The van der Waals surface area contributed by atoms with Crippen LogP contribution in [-0.4, -0.2) is 66.5 Å². The number of likely N-dealkylation sites (N-methyl/N-ethyl adjacent to an activating group) is 1. The number of carbonyl (C=O) groups excluding carboxylic acids is 1. The Morgan fingerprint density at radius 2 is 1.86 bits per heavy atom. The predicted octanol–water partition coefficient (Wildman–Crippen LogP) is -0.137. The number of aliphatic carboxylic acids is 1. The lowest BCUT2D eigenvalue weighted by Crippen LogP contribution is -2.58. The van der Waals surface area contributed by atoms with Crippen LogP contribution in [-0.2, 0) is 19.4 Å². The first kappa shape index (κ1) is 17.9. The van der Waals surface area contributed by atoms with Crippen LogP contribution in [0.4, 0.5) is 0 Å². The number of hydrogen-bond donors (Lipinski definition) is 2. The second-order valence-corrected chi connectivity index (χ2v) is 8.60. The number of amides is 1. The first-order valence-corrected chi connectivity index (χ1v) is 8.84. The second kappa shape index (κ2) is 6.31. The van der Waals surface area contributed by atoms with Crippen molar-refractivity contribution in [3.05, 3.63) is 0 Å². The summed E-state index contributed by atoms with van der Waals surface area (Å²) in [7, 11) is -3.48. The molecule has 0 unspecified atom stereocenters. The molecule has 1 rings (SSSR count). The van der Waals surface area contributed by atoms with Crippen molar-refractivity contribution in [1.29, 1.82) is 0 Å². The van der Waals surface area contributed by atoms with Crippen LogP contribution in [0.1, 0.15) is 33.6 Å². The Balaban J connectivity index is 2.52. The summed E-state index contributed by atoms with van der Waals surface area (Å²) in [4.78, 5) is 24.6. The Hall–Kier alpha value is -1.15. The number of rotatable bonds is 7. The number of nitrogens with one attached hydrogen (secondary N) is 1. The summed E-state index contributed by atoms with van der Waals surface area (Å²) in [5.41, 5.74) is 0. The van der Waals surface area contributed by atoms with E-state index in [1.807, 2.05) is 11.8 Å². The van der Waals surface area contributed by atoms with Gasteiger partial charge >= 0.3 is 5.97 Å². The Bertz CT molecular complexity index is 509. The van der Waals surface area contributed by atoms with Gasteiger partial charge in [0.05, 0.1) is 6.54 Å². The maximum atomic E-state index is 12.0. The van der Waals surface area contributed by atoms with Crippen LogP contribution in [0.3, 0.4) is 0 Å². The van der Waals surface area contributed by atoms with Crippen molar-refractivity contribution in [2.45, 2.75) is 50.4 Å². The van der Waals surface area contributed by atoms with Crippen molar-refractivity contribution in [3.8, 4) is 0 Å². The largest absolute Gasteiger partial charge is 0.480 e. The molecule has 1 aliphatic carbocycles. The number of nitrogens with zero attached hydrogens (tertiary/aromatic N) is 1. The maximum absolute atomic E-state index is 12.0. The van der Waals surface area contributed by atoms with Gasteiger partial charge in [0.25, 0.3) is 0 Å². The zero-order chi connectivity index (χ0) is 16.4. The summed E-state index contributed by atoms with van der Waals surface area (Å²) in [6.07, 6.45) is 2.33. The van der Waals surface area contributed by atoms with E-state index in [2.05, 4.69) is 5.32 Å². The number of sulfone groups is 1.